The van der Waals surface area contributed by atoms with Crippen molar-refractivity contribution in [1.82, 2.24) is 4.90 Å². The van der Waals surface area contributed by atoms with Crippen LogP contribution in [-0.4, -0.2) is 35.8 Å². The average molecular weight is 311 g/mol. The summed E-state index contributed by atoms with van der Waals surface area (Å²) in [4.78, 5) is 28.0. The van der Waals surface area contributed by atoms with Gasteiger partial charge < -0.3 is 9.80 Å². The lowest BCUT2D eigenvalue weighted by Gasteiger charge is -2.34. The number of piperidine rings is 1. The van der Waals surface area contributed by atoms with Gasteiger partial charge >= 0.3 is 0 Å². The summed E-state index contributed by atoms with van der Waals surface area (Å²) in [6.07, 6.45) is 2.79. The number of carbonyl (C=O) groups is 2. The quantitative estimate of drug-likeness (QED) is 0.800. The van der Waals surface area contributed by atoms with E-state index in [1.807, 2.05) is 0 Å². The molecule has 6 heteroatoms. The molecule has 2 heterocycles. The van der Waals surface area contributed by atoms with E-state index in [4.69, 9.17) is 11.6 Å². The van der Waals surface area contributed by atoms with Crippen molar-refractivity contribution in [2.24, 2.45) is 0 Å². The lowest BCUT2D eigenvalue weighted by atomic mass is 10.0. The molecule has 2 aliphatic rings. The molecule has 21 heavy (non-hydrogen) atoms. The number of hydrogen-bond donors (Lipinski definition) is 0. The van der Waals surface area contributed by atoms with Crippen LogP contribution in [0.2, 0.25) is 5.02 Å². The number of halogens is 2. The molecular weight excluding hydrogens is 295 g/mol. The number of benzene rings is 1. The molecule has 2 fully saturated rings. The van der Waals surface area contributed by atoms with Crippen LogP contribution in [0.1, 0.15) is 25.7 Å². The highest BCUT2D eigenvalue weighted by molar-refractivity contribution is 6.31. The Hall–Kier alpha value is -1.62. The molecule has 0 N–H and O–H groups in total. The molecule has 2 amide bonds. The molecule has 1 aromatic rings. The second-order valence-corrected chi connectivity index (χ2v) is 5.90. The number of anilines is 1. The number of carbonyl (C=O) groups excluding carboxylic acids is 2. The molecule has 2 aliphatic heterocycles. The minimum atomic E-state index is -0.485. The van der Waals surface area contributed by atoms with Crippen LogP contribution in [0.5, 0.6) is 0 Å². The van der Waals surface area contributed by atoms with Crippen molar-refractivity contribution in [3.63, 3.8) is 0 Å². The second kappa shape index (κ2) is 5.64. The van der Waals surface area contributed by atoms with Crippen LogP contribution < -0.4 is 4.90 Å². The van der Waals surface area contributed by atoms with Gasteiger partial charge in [-0.05, 0) is 37.5 Å². The fourth-order valence-corrected chi connectivity index (χ4v) is 3.30. The van der Waals surface area contributed by atoms with Gasteiger partial charge in [0.05, 0.1) is 0 Å². The molecule has 0 bridgehead atoms. The van der Waals surface area contributed by atoms with Crippen molar-refractivity contribution in [2.75, 3.05) is 18.0 Å². The SMILES string of the molecule is O=C1C2CCCCN2C(=O)CCN1c1cc(F)cc(Cl)c1. The first-order valence-electron chi connectivity index (χ1n) is 7.13. The molecule has 1 unspecified atom stereocenters. The molecule has 3 rings (SSSR count). The van der Waals surface area contributed by atoms with Crippen molar-refractivity contribution in [1.29, 1.82) is 0 Å². The van der Waals surface area contributed by atoms with Gasteiger partial charge in [0.2, 0.25) is 11.8 Å². The lowest BCUT2D eigenvalue weighted by molar-refractivity contribution is -0.138. The highest BCUT2D eigenvalue weighted by atomic mass is 35.5. The molecule has 1 atom stereocenters. The van der Waals surface area contributed by atoms with E-state index in [0.29, 0.717) is 18.7 Å². The van der Waals surface area contributed by atoms with Gasteiger partial charge in [-0.2, -0.15) is 0 Å². The Morgan fingerprint density at radius 1 is 1.14 bits per heavy atom. The fraction of sp³-hybridized carbons (Fsp3) is 0.467. The molecular formula is C15H16ClFN2O2. The van der Waals surface area contributed by atoms with Gasteiger partial charge in [-0.15, -0.1) is 0 Å². The summed E-state index contributed by atoms with van der Waals surface area (Å²) in [5.74, 6) is -0.623. The number of amides is 2. The molecule has 0 aliphatic carbocycles. The largest absolute Gasteiger partial charge is 0.331 e. The van der Waals surface area contributed by atoms with Crippen LogP contribution in [0.4, 0.5) is 10.1 Å². The van der Waals surface area contributed by atoms with E-state index in [-0.39, 0.29) is 29.8 Å². The van der Waals surface area contributed by atoms with E-state index in [9.17, 15) is 14.0 Å². The standard InChI is InChI=1S/C15H16ClFN2O2/c16-10-7-11(17)9-12(8-10)18-6-4-14(20)19-5-2-1-3-13(19)15(18)21/h7-9,13H,1-6H2. The zero-order valence-electron chi connectivity index (χ0n) is 11.5. The predicted octanol–water partition coefficient (Wildman–Crippen LogP) is 2.60. The summed E-state index contributed by atoms with van der Waals surface area (Å²) in [5.41, 5.74) is 0.422. The van der Waals surface area contributed by atoms with E-state index < -0.39 is 11.9 Å². The highest BCUT2D eigenvalue weighted by Crippen LogP contribution is 2.28. The van der Waals surface area contributed by atoms with E-state index in [1.54, 1.807) is 11.0 Å². The van der Waals surface area contributed by atoms with Crippen molar-refractivity contribution in [2.45, 2.75) is 31.7 Å². The van der Waals surface area contributed by atoms with Crippen molar-refractivity contribution in [3.05, 3.63) is 29.0 Å². The first kappa shape index (κ1) is 14.3. The molecule has 4 nitrogen and oxygen atoms in total. The lowest BCUT2D eigenvalue weighted by Crippen LogP contribution is -2.49. The number of rotatable bonds is 1. The maximum Gasteiger partial charge on any atom is 0.249 e. The minimum Gasteiger partial charge on any atom is -0.331 e. The Balaban J connectivity index is 1.95. The molecule has 2 saturated heterocycles. The van der Waals surface area contributed by atoms with Crippen LogP contribution in [0.3, 0.4) is 0 Å². The summed E-state index contributed by atoms with van der Waals surface area (Å²) in [6, 6.07) is 3.62. The van der Waals surface area contributed by atoms with Gasteiger partial charge in [0, 0.05) is 30.2 Å². The van der Waals surface area contributed by atoms with Crippen LogP contribution in [0, 0.1) is 5.82 Å². The third kappa shape index (κ3) is 2.75. The van der Waals surface area contributed by atoms with Crippen LogP contribution in [0.25, 0.3) is 0 Å². The Labute approximate surface area is 127 Å². The van der Waals surface area contributed by atoms with Gasteiger partial charge in [-0.3, -0.25) is 9.59 Å². The van der Waals surface area contributed by atoms with Crippen molar-refractivity contribution < 1.29 is 14.0 Å². The second-order valence-electron chi connectivity index (χ2n) is 5.47. The molecule has 1 aromatic carbocycles. The maximum atomic E-state index is 13.5. The summed E-state index contributed by atoms with van der Waals surface area (Å²) < 4.78 is 13.5. The average Bonchev–Trinajstić information content (AvgIpc) is 2.57. The highest BCUT2D eigenvalue weighted by Gasteiger charge is 2.38. The molecule has 0 spiro atoms. The van der Waals surface area contributed by atoms with E-state index in [2.05, 4.69) is 0 Å². The van der Waals surface area contributed by atoms with Crippen molar-refractivity contribution >= 4 is 29.1 Å². The Kier molecular flexibility index (Phi) is 3.85. The maximum absolute atomic E-state index is 13.5. The third-order valence-corrected chi connectivity index (χ3v) is 4.30. The monoisotopic (exact) mass is 310 g/mol. The summed E-state index contributed by atoms with van der Waals surface area (Å²) in [5, 5.41) is 0.244. The van der Waals surface area contributed by atoms with E-state index in [1.165, 1.54) is 17.0 Å². The number of fused-ring (bicyclic) bond motifs is 1. The predicted molar refractivity (Wildman–Crippen MR) is 77.7 cm³/mol. The van der Waals surface area contributed by atoms with E-state index in [0.717, 1.165) is 12.8 Å². The van der Waals surface area contributed by atoms with Crippen molar-refractivity contribution in [3.8, 4) is 0 Å². The summed E-state index contributed by atoms with van der Waals surface area (Å²) in [7, 11) is 0. The van der Waals surface area contributed by atoms with Gasteiger partial charge in [0.25, 0.3) is 0 Å². The molecule has 0 saturated carbocycles. The van der Waals surface area contributed by atoms with Crippen LogP contribution >= 0.6 is 11.6 Å². The van der Waals surface area contributed by atoms with Gasteiger partial charge in [-0.1, -0.05) is 11.6 Å². The molecule has 0 radical (unpaired) electrons. The summed E-state index contributed by atoms with van der Waals surface area (Å²) >= 11 is 5.87. The molecule has 0 aromatic heterocycles. The first-order valence-corrected chi connectivity index (χ1v) is 7.51. The Morgan fingerprint density at radius 2 is 1.95 bits per heavy atom. The van der Waals surface area contributed by atoms with Gasteiger partial charge in [0.15, 0.2) is 0 Å². The summed E-state index contributed by atoms with van der Waals surface area (Å²) in [6.45, 7) is 0.900. The Morgan fingerprint density at radius 3 is 2.71 bits per heavy atom. The van der Waals surface area contributed by atoms with Gasteiger partial charge in [0.1, 0.15) is 11.9 Å². The topological polar surface area (TPSA) is 40.6 Å². The number of nitrogens with zero attached hydrogens (tertiary/aromatic N) is 2. The number of hydrogen-bond acceptors (Lipinski definition) is 2. The van der Waals surface area contributed by atoms with Crippen LogP contribution in [0.15, 0.2) is 18.2 Å². The fourth-order valence-electron chi connectivity index (χ4n) is 3.08. The Bertz CT molecular complexity index is 573. The smallest absolute Gasteiger partial charge is 0.249 e. The minimum absolute atomic E-state index is 0.00181. The zero-order valence-corrected chi connectivity index (χ0v) is 12.3. The first-order chi connectivity index (χ1) is 10.1. The van der Waals surface area contributed by atoms with E-state index >= 15 is 0 Å². The van der Waals surface area contributed by atoms with Gasteiger partial charge in [-0.25, -0.2) is 4.39 Å². The normalized spacial score (nSPS) is 23.0. The third-order valence-electron chi connectivity index (χ3n) is 4.08. The zero-order chi connectivity index (χ0) is 15.0. The molecule has 112 valence electrons. The van der Waals surface area contributed by atoms with Crippen LogP contribution in [-0.2, 0) is 9.59 Å².